The van der Waals surface area contributed by atoms with Crippen LogP contribution in [0.3, 0.4) is 0 Å². The van der Waals surface area contributed by atoms with E-state index in [2.05, 4.69) is 4.98 Å². The molecule has 0 fully saturated rings. The monoisotopic (exact) mass is 125 g/mol. The van der Waals surface area contributed by atoms with Crippen LogP contribution in [0.15, 0.2) is 12.1 Å². The number of aromatic nitrogens is 1. The van der Waals surface area contributed by atoms with Gasteiger partial charge in [0.2, 0.25) is 0 Å². The average molecular weight is 125 g/mol. The first-order valence-electron chi connectivity index (χ1n) is 2.82. The molecule has 0 aromatic carbocycles. The summed E-state index contributed by atoms with van der Waals surface area (Å²) in [6, 6.07) is 3.78. The van der Waals surface area contributed by atoms with Gasteiger partial charge in [-0.05, 0) is 12.1 Å². The van der Waals surface area contributed by atoms with Crippen LogP contribution in [0.2, 0.25) is 0 Å². The molecule has 3 heteroatoms. The standard InChI is InChI=1S/C6H11N3/c1-9(2)6-4-3-5(7)8-6/h3-4,8H,7H2,1-2H3. The summed E-state index contributed by atoms with van der Waals surface area (Å²) < 4.78 is 0. The molecule has 0 bridgehead atoms. The smallest absolute Gasteiger partial charge is 0.106 e. The van der Waals surface area contributed by atoms with Crippen molar-refractivity contribution in [3.05, 3.63) is 12.1 Å². The number of hydrogen-bond donors (Lipinski definition) is 2. The van der Waals surface area contributed by atoms with E-state index in [0.29, 0.717) is 5.82 Å². The molecule has 1 heterocycles. The van der Waals surface area contributed by atoms with E-state index in [0.717, 1.165) is 5.82 Å². The zero-order valence-corrected chi connectivity index (χ0v) is 5.68. The molecule has 50 valence electrons. The van der Waals surface area contributed by atoms with Crippen LogP contribution in [-0.4, -0.2) is 19.1 Å². The lowest BCUT2D eigenvalue weighted by molar-refractivity contribution is 1.09. The van der Waals surface area contributed by atoms with Crippen molar-refractivity contribution < 1.29 is 0 Å². The van der Waals surface area contributed by atoms with E-state index in [9.17, 15) is 0 Å². The maximum absolute atomic E-state index is 5.43. The highest BCUT2D eigenvalue weighted by atomic mass is 15.1. The molecule has 1 aromatic rings. The van der Waals surface area contributed by atoms with Crippen LogP contribution in [0.1, 0.15) is 0 Å². The van der Waals surface area contributed by atoms with Crippen molar-refractivity contribution in [2.45, 2.75) is 0 Å². The topological polar surface area (TPSA) is 45.0 Å². The zero-order valence-electron chi connectivity index (χ0n) is 5.68. The van der Waals surface area contributed by atoms with Crippen molar-refractivity contribution in [1.82, 2.24) is 4.98 Å². The van der Waals surface area contributed by atoms with Crippen LogP contribution in [0, 0.1) is 0 Å². The van der Waals surface area contributed by atoms with Crippen molar-refractivity contribution in [2.75, 3.05) is 24.7 Å². The fraction of sp³-hybridized carbons (Fsp3) is 0.333. The molecule has 0 aliphatic rings. The van der Waals surface area contributed by atoms with Gasteiger partial charge >= 0.3 is 0 Å². The zero-order chi connectivity index (χ0) is 6.85. The van der Waals surface area contributed by atoms with Crippen molar-refractivity contribution in [2.24, 2.45) is 0 Å². The van der Waals surface area contributed by atoms with Crippen molar-refractivity contribution in [3.63, 3.8) is 0 Å². The Hall–Kier alpha value is -1.12. The molecule has 0 spiro atoms. The molecule has 0 atom stereocenters. The van der Waals surface area contributed by atoms with Crippen LogP contribution >= 0.6 is 0 Å². The van der Waals surface area contributed by atoms with Crippen molar-refractivity contribution in [3.8, 4) is 0 Å². The number of hydrogen-bond acceptors (Lipinski definition) is 2. The maximum Gasteiger partial charge on any atom is 0.106 e. The van der Waals surface area contributed by atoms with Gasteiger partial charge in [-0.15, -0.1) is 0 Å². The van der Waals surface area contributed by atoms with Gasteiger partial charge in [-0.2, -0.15) is 0 Å². The van der Waals surface area contributed by atoms with Gasteiger partial charge in [-0.1, -0.05) is 0 Å². The quantitative estimate of drug-likeness (QED) is 0.579. The molecule has 1 rings (SSSR count). The third-order valence-electron chi connectivity index (χ3n) is 1.17. The Morgan fingerprint density at radius 2 is 2.11 bits per heavy atom. The van der Waals surface area contributed by atoms with Crippen molar-refractivity contribution >= 4 is 11.6 Å². The molecule has 3 nitrogen and oxygen atoms in total. The highest BCUT2D eigenvalue weighted by Gasteiger charge is 1.94. The second-order valence-corrected chi connectivity index (χ2v) is 2.19. The van der Waals surface area contributed by atoms with Gasteiger partial charge in [0.15, 0.2) is 0 Å². The summed E-state index contributed by atoms with van der Waals surface area (Å²) in [5.74, 6) is 1.74. The molecular weight excluding hydrogens is 114 g/mol. The van der Waals surface area contributed by atoms with Gasteiger partial charge in [0.05, 0.1) is 0 Å². The predicted octanol–water partition coefficient (Wildman–Crippen LogP) is 0.663. The molecule has 9 heavy (non-hydrogen) atoms. The summed E-state index contributed by atoms with van der Waals surface area (Å²) in [6.45, 7) is 0. The lowest BCUT2D eigenvalue weighted by Gasteiger charge is -2.07. The Bertz CT molecular complexity index is 190. The van der Waals surface area contributed by atoms with Crippen LogP contribution in [-0.2, 0) is 0 Å². The second-order valence-electron chi connectivity index (χ2n) is 2.19. The molecule has 0 saturated carbocycles. The predicted molar refractivity (Wildman–Crippen MR) is 39.5 cm³/mol. The Balaban J connectivity index is 2.85. The largest absolute Gasteiger partial charge is 0.385 e. The molecule has 3 N–H and O–H groups in total. The van der Waals surface area contributed by atoms with Crippen LogP contribution in [0.4, 0.5) is 11.6 Å². The summed E-state index contributed by atoms with van der Waals surface area (Å²) in [5.41, 5.74) is 5.43. The Labute approximate surface area is 54.5 Å². The molecule has 0 radical (unpaired) electrons. The van der Waals surface area contributed by atoms with E-state index in [1.165, 1.54) is 0 Å². The molecular formula is C6H11N3. The van der Waals surface area contributed by atoms with E-state index in [1.807, 2.05) is 31.1 Å². The third kappa shape index (κ3) is 1.16. The minimum Gasteiger partial charge on any atom is -0.385 e. The van der Waals surface area contributed by atoms with Gasteiger partial charge in [0, 0.05) is 14.1 Å². The van der Waals surface area contributed by atoms with E-state index in [-0.39, 0.29) is 0 Å². The first kappa shape index (κ1) is 6.01. The number of nitrogens with zero attached hydrogens (tertiary/aromatic N) is 1. The van der Waals surface area contributed by atoms with Crippen LogP contribution in [0.25, 0.3) is 0 Å². The lowest BCUT2D eigenvalue weighted by Crippen LogP contribution is -2.08. The molecule has 0 aliphatic carbocycles. The second kappa shape index (κ2) is 2.01. The first-order chi connectivity index (χ1) is 4.20. The SMILES string of the molecule is CN(C)c1ccc(N)[nH]1. The summed E-state index contributed by atoms with van der Waals surface area (Å²) in [7, 11) is 3.93. The lowest BCUT2D eigenvalue weighted by atomic mass is 10.6. The van der Waals surface area contributed by atoms with E-state index in [4.69, 9.17) is 5.73 Å². The van der Waals surface area contributed by atoms with Gasteiger partial charge in [0.25, 0.3) is 0 Å². The van der Waals surface area contributed by atoms with Gasteiger partial charge in [0.1, 0.15) is 11.6 Å². The van der Waals surface area contributed by atoms with E-state index < -0.39 is 0 Å². The van der Waals surface area contributed by atoms with Gasteiger partial charge < -0.3 is 15.6 Å². The molecule has 0 amide bonds. The number of anilines is 2. The highest BCUT2D eigenvalue weighted by Crippen LogP contribution is 2.10. The Morgan fingerprint density at radius 1 is 1.44 bits per heavy atom. The average Bonchev–Trinajstić information content (AvgIpc) is 2.14. The fourth-order valence-electron chi connectivity index (χ4n) is 0.661. The summed E-state index contributed by atoms with van der Waals surface area (Å²) in [4.78, 5) is 4.95. The summed E-state index contributed by atoms with van der Waals surface area (Å²) in [5, 5.41) is 0. The fourth-order valence-corrected chi connectivity index (χ4v) is 0.661. The molecule has 0 saturated heterocycles. The minimum atomic E-state index is 0.707. The molecule has 1 aromatic heterocycles. The summed E-state index contributed by atoms with van der Waals surface area (Å²) >= 11 is 0. The number of aromatic amines is 1. The Morgan fingerprint density at radius 3 is 2.33 bits per heavy atom. The van der Waals surface area contributed by atoms with E-state index >= 15 is 0 Å². The molecule has 0 aliphatic heterocycles. The number of nitrogens with one attached hydrogen (secondary N) is 1. The summed E-state index contributed by atoms with van der Waals surface area (Å²) in [6.07, 6.45) is 0. The van der Waals surface area contributed by atoms with Crippen LogP contribution < -0.4 is 10.6 Å². The number of H-pyrrole nitrogens is 1. The Kier molecular flexibility index (Phi) is 1.34. The maximum atomic E-state index is 5.43. The number of rotatable bonds is 1. The highest BCUT2D eigenvalue weighted by molar-refractivity contribution is 5.46. The van der Waals surface area contributed by atoms with Gasteiger partial charge in [-0.3, -0.25) is 0 Å². The normalized spacial score (nSPS) is 9.56. The molecule has 0 unspecified atom stereocenters. The third-order valence-corrected chi connectivity index (χ3v) is 1.17. The van der Waals surface area contributed by atoms with Gasteiger partial charge in [-0.25, -0.2) is 0 Å². The first-order valence-corrected chi connectivity index (χ1v) is 2.82. The van der Waals surface area contributed by atoms with E-state index in [1.54, 1.807) is 0 Å². The number of nitrogen functional groups attached to an aromatic ring is 1. The van der Waals surface area contributed by atoms with Crippen LogP contribution in [0.5, 0.6) is 0 Å². The minimum absolute atomic E-state index is 0.707. The number of nitrogens with two attached hydrogens (primary N) is 1. The van der Waals surface area contributed by atoms with Crippen molar-refractivity contribution in [1.29, 1.82) is 0 Å².